The third kappa shape index (κ3) is 36.7. The van der Waals surface area contributed by atoms with Gasteiger partial charge in [0.25, 0.3) is 7.82 Å². The molecule has 0 aromatic rings. The molecule has 0 aliphatic carbocycles. The predicted molar refractivity (Wildman–Crippen MR) is 240 cm³/mol. The van der Waals surface area contributed by atoms with Crippen molar-refractivity contribution in [1.29, 1.82) is 0 Å². The number of nitrogens with zero attached hydrogens (tertiary/aromatic N) is 1. The zero-order chi connectivity index (χ0) is 43.3. The first-order chi connectivity index (χ1) is 28.5. The van der Waals surface area contributed by atoms with Gasteiger partial charge in [-0.1, -0.05) is 137 Å². The van der Waals surface area contributed by atoms with Crippen molar-refractivity contribution in [1.82, 2.24) is 0 Å². The van der Waals surface area contributed by atoms with E-state index in [4.69, 9.17) is 23.3 Å². The van der Waals surface area contributed by atoms with Crippen LogP contribution in [0.2, 0.25) is 0 Å². The summed E-state index contributed by atoms with van der Waals surface area (Å²) in [6, 6.07) is 0. The summed E-state index contributed by atoms with van der Waals surface area (Å²) in [6.45, 7) is 3.94. The number of carbonyl (C=O) groups excluding carboxylic acids is 2. The zero-order valence-corrected chi connectivity index (χ0v) is 38.2. The van der Waals surface area contributed by atoms with E-state index in [1.165, 1.54) is 19.3 Å². The first-order valence-corrected chi connectivity index (χ1v) is 23.9. The fraction of sp³-hybridized carbons (Fsp3) is 0.667. The topological polar surface area (TPSA) is 124 Å². The molecular formula is C48H80NO9P. The molecule has 336 valence electrons. The van der Waals surface area contributed by atoms with Gasteiger partial charge in [-0.2, -0.15) is 0 Å². The first kappa shape index (κ1) is 54.2. The molecule has 0 N–H and O–H groups in total. The van der Waals surface area contributed by atoms with Crippen LogP contribution in [-0.2, 0) is 37.4 Å². The van der Waals surface area contributed by atoms with Crippen LogP contribution >= 0.6 is 7.82 Å². The molecule has 11 heteroatoms. The van der Waals surface area contributed by atoms with Crippen molar-refractivity contribution < 1.29 is 46.8 Å². The van der Waals surface area contributed by atoms with E-state index in [2.05, 4.69) is 86.8 Å². The molecule has 0 aromatic heterocycles. The monoisotopic (exact) mass is 846 g/mol. The van der Waals surface area contributed by atoms with Crippen LogP contribution in [0.15, 0.2) is 85.1 Å². The molecular weight excluding hydrogens is 765 g/mol. The van der Waals surface area contributed by atoms with Crippen molar-refractivity contribution in [3.8, 4) is 0 Å². The van der Waals surface area contributed by atoms with E-state index in [9.17, 15) is 19.0 Å². The fourth-order valence-corrected chi connectivity index (χ4v) is 6.47. The number of phosphoric ester groups is 1. The van der Waals surface area contributed by atoms with Gasteiger partial charge >= 0.3 is 11.9 Å². The highest BCUT2D eigenvalue weighted by atomic mass is 31.2. The number of likely N-dealkylation sites (N-methyl/N-ethyl adjacent to an activating group) is 1. The lowest BCUT2D eigenvalue weighted by Gasteiger charge is -2.28. The van der Waals surface area contributed by atoms with Crippen LogP contribution in [0.1, 0.15) is 142 Å². The van der Waals surface area contributed by atoms with Gasteiger partial charge in [0.05, 0.1) is 40.0 Å². The van der Waals surface area contributed by atoms with Crippen molar-refractivity contribution in [3.05, 3.63) is 85.1 Å². The maximum absolute atomic E-state index is 12.7. The van der Waals surface area contributed by atoms with E-state index in [0.29, 0.717) is 36.1 Å². The number of ether oxygens (including phenoxy) is 3. The Labute approximate surface area is 358 Å². The van der Waals surface area contributed by atoms with Crippen LogP contribution in [0.4, 0.5) is 0 Å². The van der Waals surface area contributed by atoms with E-state index in [1.54, 1.807) is 0 Å². The van der Waals surface area contributed by atoms with Crippen LogP contribution < -0.4 is 4.89 Å². The van der Waals surface area contributed by atoms with Crippen LogP contribution in [-0.4, -0.2) is 82.2 Å². The Hall–Kier alpha value is -2.85. The molecule has 0 bridgehead atoms. The highest BCUT2D eigenvalue weighted by Gasteiger charge is 2.36. The number of allylic oxidation sites excluding steroid dienone is 13. The molecule has 0 spiro atoms. The van der Waals surface area contributed by atoms with Crippen molar-refractivity contribution in [2.75, 3.05) is 47.5 Å². The Balaban J connectivity index is 2.35. The van der Waals surface area contributed by atoms with Gasteiger partial charge in [0, 0.05) is 12.8 Å². The van der Waals surface area contributed by atoms with Gasteiger partial charge in [0.2, 0.25) is 0 Å². The SMILES string of the molecule is CC/C=C\C/C=C\C/C=C\C/C=C\C/C=C\C/C=C\CCC(=O)OC[C@H](COP(=O)([O-])OCC[N+](C)(C)C)OC(=O)CCCCCCCC1OC1C/C=C\CCCCC. The van der Waals surface area contributed by atoms with Crippen LogP contribution in [0, 0.1) is 0 Å². The van der Waals surface area contributed by atoms with E-state index >= 15 is 0 Å². The van der Waals surface area contributed by atoms with E-state index in [0.717, 1.165) is 83.5 Å². The zero-order valence-electron chi connectivity index (χ0n) is 37.4. The summed E-state index contributed by atoms with van der Waals surface area (Å²) in [7, 11) is 1.09. The average molecular weight is 846 g/mol. The third-order valence-electron chi connectivity index (χ3n) is 9.34. The second kappa shape index (κ2) is 35.9. The number of quaternary nitrogens is 1. The number of rotatable bonds is 38. The van der Waals surface area contributed by atoms with E-state index in [1.807, 2.05) is 33.3 Å². The number of esters is 2. The Morgan fingerprint density at radius 1 is 0.644 bits per heavy atom. The van der Waals surface area contributed by atoms with Crippen molar-refractivity contribution in [2.45, 2.75) is 161 Å². The molecule has 1 saturated heterocycles. The molecule has 1 heterocycles. The largest absolute Gasteiger partial charge is 0.756 e. The van der Waals surface area contributed by atoms with Crippen molar-refractivity contribution >= 4 is 19.8 Å². The molecule has 10 nitrogen and oxygen atoms in total. The highest BCUT2D eigenvalue weighted by Crippen LogP contribution is 2.38. The van der Waals surface area contributed by atoms with Crippen LogP contribution in [0.25, 0.3) is 0 Å². The Morgan fingerprint density at radius 3 is 1.83 bits per heavy atom. The number of hydrogen-bond donors (Lipinski definition) is 0. The van der Waals surface area contributed by atoms with E-state index in [-0.39, 0.29) is 26.1 Å². The Bertz CT molecular complexity index is 1340. The molecule has 0 saturated carbocycles. The number of unbranched alkanes of at least 4 members (excludes halogenated alkanes) is 7. The minimum Gasteiger partial charge on any atom is -0.756 e. The molecule has 1 aliphatic heterocycles. The molecule has 59 heavy (non-hydrogen) atoms. The van der Waals surface area contributed by atoms with Crippen LogP contribution in [0.5, 0.6) is 0 Å². The molecule has 1 rings (SSSR count). The first-order valence-electron chi connectivity index (χ1n) is 22.4. The van der Waals surface area contributed by atoms with Gasteiger partial charge in [-0.15, -0.1) is 0 Å². The van der Waals surface area contributed by atoms with Crippen LogP contribution in [0.3, 0.4) is 0 Å². The summed E-state index contributed by atoms with van der Waals surface area (Å²) in [5, 5.41) is 0. The van der Waals surface area contributed by atoms with Gasteiger partial charge in [0.1, 0.15) is 19.8 Å². The Morgan fingerprint density at radius 2 is 1.22 bits per heavy atom. The molecule has 4 atom stereocenters. The quantitative estimate of drug-likeness (QED) is 0.0149. The molecule has 0 amide bonds. The second-order valence-corrected chi connectivity index (χ2v) is 17.5. The standard InChI is InChI=1S/C48H80NO9P/c1-6-8-10-12-14-15-16-17-18-19-20-21-22-23-24-25-26-30-34-38-47(50)54-42-44(43-56-59(52,53)55-41-40-49(3,4)5)57-48(51)39-35-31-27-29-33-37-46-45(58-46)36-32-28-13-11-9-7-2/h8,10,14-15,17-18,20-21,23-24,26,28,30,32,44-46H,6-7,9,11-13,16,19,22,25,27,29,31,33-43H2,1-5H3/b10-8-,15-14-,18-17-,21-20-,24-23-,30-26-,32-28-/t44-,45?,46?/m1/s1. The lowest BCUT2D eigenvalue weighted by Crippen LogP contribution is -2.37. The summed E-state index contributed by atoms with van der Waals surface area (Å²) in [4.78, 5) is 37.6. The maximum atomic E-state index is 12.7. The summed E-state index contributed by atoms with van der Waals surface area (Å²) in [5.41, 5.74) is 0. The summed E-state index contributed by atoms with van der Waals surface area (Å²) in [5.74, 6) is -0.965. The molecule has 0 aromatic carbocycles. The van der Waals surface area contributed by atoms with Gasteiger partial charge in [-0.3, -0.25) is 14.2 Å². The van der Waals surface area contributed by atoms with Gasteiger partial charge < -0.3 is 32.6 Å². The normalized spacial score (nSPS) is 17.8. The average Bonchev–Trinajstić information content (AvgIpc) is 3.94. The molecule has 1 aliphatic rings. The van der Waals surface area contributed by atoms with Crippen molar-refractivity contribution in [2.24, 2.45) is 0 Å². The fourth-order valence-electron chi connectivity index (χ4n) is 5.74. The minimum absolute atomic E-state index is 0.0525. The molecule has 1 fully saturated rings. The summed E-state index contributed by atoms with van der Waals surface area (Å²) >= 11 is 0. The third-order valence-corrected chi connectivity index (χ3v) is 10.3. The number of phosphoric acid groups is 1. The summed E-state index contributed by atoms with van der Waals surface area (Å²) in [6.07, 6.45) is 47.9. The van der Waals surface area contributed by atoms with Crippen molar-refractivity contribution in [3.63, 3.8) is 0 Å². The molecule has 0 radical (unpaired) electrons. The minimum atomic E-state index is -4.66. The predicted octanol–water partition coefficient (Wildman–Crippen LogP) is 11.2. The number of epoxide rings is 1. The molecule has 3 unspecified atom stereocenters. The lowest BCUT2D eigenvalue weighted by molar-refractivity contribution is -0.870. The summed E-state index contributed by atoms with van der Waals surface area (Å²) < 4.78 is 39.6. The lowest BCUT2D eigenvalue weighted by atomic mass is 10.1. The second-order valence-electron chi connectivity index (χ2n) is 16.1. The van der Waals surface area contributed by atoms with E-state index < -0.39 is 32.5 Å². The highest BCUT2D eigenvalue weighted by molar-refractivity contribution is 7.45. The van der Waals surface area contributed by atoms with Gasteiger partial charge in [-0.05, 0) is 77.0 Å². The number of carbonyl (C=O) groups is 2. The Kier molecular flexibility index (Phi) is 32.9. The van der Waals surface area contributed by atoms with Gasteiger partial charge in [-0.25, -0.2) is 0 Å². The van der Waals surface area contributed by atoms with Gasteiger partial charge in [0.15, 0.2) is 6.10 Å². The smallest absolute Gasteiger partial charge is 0.306 e. The number of hydrogen-bond acceptors (Lipinski definition) is 9. The maximum Gasteiger partial charge on any atom is 0.306 e.